The highest BCUT2D eigenvalue weighted by atomic mass is 16.4. The first-order valence-corrected chi connectivity index (χ1v) is 6.61. The van der Waals surface area contributed by atoms with Crippen LogP contribution in [0.1, 0.15) is 40.0 Å². The van der Waals surface area contributed by atoms with Crippen LogP contribution in [0.3, 0.4) is 0 Å². The van der Waals surface area contributed by atoms with Crippen LogP contribution in [0.5, 0.6) is 0 Å². The number of amides is 2. The van der Waals surface area contributed by atoms with Gasteiger partial charge in [-0.25, -0.2) is 4.79 Å². The van der Waals surface area contributed by atoms with E-state index in [0.717, 1.165) is 12.8 Å². The fourth-order valence-corrected chi connectivity index (χ4v) is 1.92. The molecule has 1 saturated carbocycles. The van der Waals surface area contributed by atoms with Gasteiger partial charge in [0.1, 0.15) is 12.1 Å². The summed E-state index contributed by atoms with van der Waals surface area (Å²) in [6.07, 6.45) is 2.52. The van der Waals surface area contributed by atoms with E-state index in [1.165, 1.54) is 6.92 Å². The molecule has 0 bridgehead atoms. The summed E-state index contributed by atoms with van der Waals surface area (Å²) in [4.78, 5) is 34.2. The van der Waals surface area contributed by atoms with Crippen LogP contribution in [0, 0.1) is 11.8 Å². The lowest BCUT2D eigenvalue weighted by molar-refractivity contribution is -0.142. The van der Waals surface area contributed by atoms with E-state index in [4.69, 9.17) is 5.11 Å². The molecule has 0 heterocycles. The predicted octanol–water partition coefficient (Wildman–Crippen LogP) is 0.517. The molecule has 0 spiro atoms. The fourth-order valence-electron chi connectivity index (χ4n) is 1.92. The Morgan fingerprint density at radius 1 is 1.21 bits per heavy atom. The Hall–Kier alpha value is -1.59. The van der Waals surface area contributed by atoms with E-state index in [2.05, 4.69) is 10.6 Å². The van der Waals surface area contributed by atoms with Gasteiger partial charge in [0, 0.05) is 6.92 Å². The normalized spacial score (nSPS) is 17.7. The molecule has 0 aromatic heterocycles. The SMILES string of the molecule is CC(=O)N[C@@H](C(=O)N[C@@H](CC1CC1)C(=O)O)C(C)C. The van der Waals surface area contributed by atoms with E-state index in [0.29, 0.717) is 12.3 Å². The molecule has 0 aromatic carbocycles. The lowest BCUT2D eigenvalue weighted by Gasteiger charge is -2.23. The second-order valence-corrected chi connectivity index (χ2v) is 5.50. The molecule has 108 valence electrons. The third-order valence-electron chi connectivity index (χ3n) is 3.19. The highest BCUT2D eigenvalue weighted by molar-refractivity contribution is 5.90. The molecule has 1 fully saturated rings. The minimum absolute atomic E-state index is 0.0979. The molecule has 6 heteroatoms. The minimum atomic E-state index is -1.02. The standard InChI is InChI=1S/C13H22N2O4/c1-7(2)11(14-8(3)16)12(17)15-10(13(18)19)6-9-4-5-9/h7,9-11H,4-6H2,1-3H3,(H,14,16)(H,15,17)(H,18,19)/t10-,11+/m0/s1. The fraction of sp³-hybridized carbons (Fsp3) is 0.769. The summed E-state index contributed by atoms with van der Waals surface area (Å²) in [5.74, 6) is -1.45. The molecular formula is C13H22N2O4. The lowest BCUT2D eigenvalue weighted by atomic mass is 10.0. The summed E-state index contributed by atoms with van der Waals surface area (Å²) in [5, 5.41) is 14.2. The van der Waals surface area contributed by atoms with E-state index >= 15 is 0 Å². The van der Waals surface area contributed by atoms with Gasteiger partial charge in [-0.3, -0.25) is 9.59 Å². The first kappa shape index (κ1) is 15.5. The van der Waals surface area contributed by atoms with E-state index in [1.54, 1.807) is 13.8 Å². The molecule has 0 aliphatic heterocycles. The molecular weight excluding hydrogens is 248 g/mol. The third-order valence-corrected chi connectivity index (χ3v) is 3.19. The Kier molecular flexibility index (Phi) is 5.32. The number of nitrogens with one attached hydrogen (secondary N) is 2. The van der Waals surface area contributed by atoms with Crippen LogP contribution < -0.4 is 10.6 Å². The van der Waals surface area contributed by atoms with Gasteiger partial charge in [0.25, 0.3) is 0 Å². The summed E-state index contributed by atoms with van der Waals surface area (Å²) in [6.45, 7) is 4.94. The second-order valence-electron chi connectivity index (χ2n) is 5.50. The number of carboxylic acids is 1. The van der Waals surface area contributed by atoms with E-state index < -0.39 is 24.0 Å². The van der Waals surface area contributed by atoms with Crippen molar-refractivity contribution in [1.29, 1.82) is 0 Å². The molecule has 1 aliphatic rings. The number of aliphatic carboxylic acids is 1. The molecule has 0 saturated heterocycles. The zero-order valence-electron chi connectivity index (χ0n) is 11.6. The number of hydrogen-bond donors (Lipinski definition) is 3. The molecule has 2 amide bonds. The van der Waals surface area contributed by atoms with Crippen molar-refractivity contribution in [3.05, 3.63) is 0 Å². The van der Waals surface area contributed by atoms with Gasteiger partial charge in [-0.05, 0) is 18.3 Å². The van der Waals surface area contributed by atoms with Crippen molar-refractivity contribution in [1.82, 2.24) is 10.6 Å². The number of carbonyl (C=O) groups is 3. The quantitative estimate of drug-likeness (QED) is 0.628. The smallest absolute Gasteiger partial charge is 0.326 e. The molecule has 0 unspecified atom stereocenters. The third kappa shape index (κ3) is 5.28. The van der Waals surface area contributed by atoms with Crippen molar-refractivity contribution in [3.8, 4) is 0 Å². The summed E-state index contributed by atoms with van der Waals surface area (Å²) in [7, 11) is 0. The molecule has 6 nitrogen and oxygen atoms in total. The summed E-state index contributed by atoms with van der Waals surface area (Å²) in [6, 6.07) is -1.56. The Morgan fingerprint density at radius 3 is 2.16 bits per heavy atom. The zero-order valence-corrected chi connectivity index (χ0v) is 11.6. The number of rotatable bonds is 7. The van der Waals surface area contributed by atoms with E-state index in [-0.39, 0.29) is 11.8 Å². The highest BCUT2D eigenvalue weighted by Crippen LogP contribution is 2.33. The topological polar surface area (TPSA) is 95.5 Å². The maximum atomic E-state index is 12.0. The van der Waals surface area contributed by atoms with Crippen molar-refractivity contribution in [2.24, 2.45) is 11.8 Å². The molecule has 1 aliphatic carbocycles. The van der Waals surface area contributed by atoms with E-state index in [9.17, 15) is 14.4 Å². The van der Waals surface area contributed by atoms with Gasteiger partial charge < -0.3 is 15.7 Å². The molecule has 19 heavy (non-hydrogen) atoms. The second kappa shape index (κ2) is 6.54. The average molecular weight is 270 g/mol. The van der Waals surface area contributed by atoms with Crippen LogP contribution in [0.4, 0.5) is 0 Å². The largest absolute Gasteiger partial charge is 0.480 e. The summed E-state index contributed by atoms with van der Waals surface area (Å²) < 4.78 is 0. The molecule has 0 radical (unpaired) electrons. The number of hydrogen-bond acceptors (Lipinski definition) is 3. The predicted molar refractivity (Wildman–Crippen MR) is 69.4 cm³/mol. The Labute approximate surface area is 112 Å². The van der Waals surface area contributed by atoms with Gasteiger partial charge in [-0.1, -0.05) is 26.7 Å². The monoisotopic (exact) mass is 270 g/mol. The number of carboxylic acid groups (broad SMARTS) is 1. The molecule has 3 N–H and O–H groups in total. The van der Waals surface area contributed by atoms with Crippen molar-refractivity contribution in [2.75, 3.05) is 0 Å². The van der Waals surface area contributed by atoms with Crippen LogP contribution in [0.15, 0.2) is 0 Å². The van der Waals surface area contributed by atoms with Crippen LogP contribution in [-0.4, -0.2) is 35.0 Å². The first-order valence-electron chi connectivity index (χ1n) is 6.61. The van der Waals surface area contributed by atoms with Gasteiger partial charge in [0.05, 0.1) is 0 Å². The van der Waals surface area contributed by atoms with Gasteiger partial charge in [0.2, 0.25) is 11.8 Å². The maximum Gasteiger partial charge on any atom is 0.326 e. The van der Waals surface area contributed by atoms with E-state index in [1.807, 2.05) is 0 Å². The minimum Gasteiger partial charge on any atom is -0.480 e. The van der Waals surface area contributed by atoms with Gasteiger partial charge in [-0.15, -0.1) is 0 Å². The lowest BCUT2D eigenvalue weighted by Crippen LogP contribution is -2.53. The van der Waals surface area contributed by atoms with Gasteiger partial charge >= 0.3 is 5.97 Å². The van der Waals surface area contributed by atoms with Crippen LogP contribution in [0.25, 0.3) is 0 Å². The van der Waals surface area contributed by atoms with Crippen molar-refractivity contribution in [3.63, 3.8) is 0 Å². The Bertz CT molecular complexity index is 364. The number of carbonyl (C=O) groups excluding carboxylic acids is 2. The Morgan fingerprint density at radius 2 is 1.79 bits per heavy atom. The van der Waals surface area contributed by atoms with Crippen molar-refractivity contribution >= 4 is 17.8 Å². The molecule has 2 atom stereocenters. The summed E-state index contributed by atoms with van der Waals surface area (Å²) >= 11 is 0. The zero-order chi connectivity index (χ0) is 14.6. The van der Waals surface area contributed by atoms with Gasteiger partial charge in [-0.2, -0.15) is 0 Å². The molecule has 1 rings (SSSR count). The Balaban J connectivity index is 2.61. The van der Waals surface area contributed by atoms with Crippen molar-refractivity contribution < 1.29 is 19.5 Å². The molecule has 0 aromatic rings. The average Bonchev–Trinajstić information content (AvgIpc) is 3.07. The first-order chi connectivity index (χ1) is 8.81. The maximum absolute atomic E-state index is 12.0. The highest BCUT2D eigenvalue weighted by Gasteiger charge is 2.32. The van der Waals surface area contributed by atoms with Crippen LogP contribution in [-0.2, 0) is 14.4 Å². The van der Waals surface area contributed by atoms with Crippen LogP contribution in [0.2, 0.25) is 0 Å². The van der Waals surface area contributed by atoms with Gasteiger partial charge in [0.15, 0.2) is 0 Å². The summed E-state index contributed by atoms with van der Waals surface area (Å²) in [5.41, 5.74) is 0. The van der Waals surface area contributed by atoms with Crippen LogP contribution >= 0.6 is 0 Å². The van der Waals surface area contributed by atoms with Crippen molar-refractivity contribution in [2.45, 2.75) is 52.1 Å².